The summed E-state index contributed by atoms with van der Waals surface area (Å²) in [6.07, 6.45) is 8.71. The van der Waals surface area contributed by atoms with E-state index in [0.717, 1.165) is 42.9 Å². The van der Waals surface area contributed by atoms with E-state index in [4.69, 9.17) is 11.6 Å². The fourth-order valence-corrected chi connectivity index (χ4v) is 3.11. The summed E-state index contributed by atoms with van der Waals surface area (Å²) in [6, 6.07) is 1.82. The van der Waals surface area contributed by atoms with Crippen LogP contribution in [0.2, 0.25) is 5.15 Å². The van der Waals surface area contributed by atoms with Gasteiger partial charge in [0.05, 0.1) is 0 Å². The number of aryl methyl sites for hydroxylation is 1. The molecule has 0 saturated heterocycles. The van der Waals surface area contributed by atoms with Gasteiger partial charge in [0, 0.05) is 19.0 Å². The molecule has 3 nitrogen and oxygen atoms in total. The Balaban J connectivity index is 1.78. The van der Waals surface area contributed by atoms with Crippen molar-refractivity contribution in [2.45, 2.75) is 58.8 Å². The molecule has 0 atom stereocenters. The summed E-state index contributed by atoms with van der Waals surface area (Å²) < 4.78 is 0. The first-order valence-electron chi connectivity index (χ1n) is 7.94. The van der Waals surface area contributed by atoms with Gasteiger partial charge in [0.1, 0.15) is 16.8 Å². The summed E-state index contributed by atoms with van der Waals surface area (Å²) in [5.41, 5.74) is 0. The number of aromatic nitrogens is 2. The van der Waals surface area contributed by atoms with Crippen molar-refractivity contribution in [2.75, 3.05) is 11.9 Å². The minimum atomic E-state index is 0.539. The molecule has 0 unspecified atom stereocenters. The zero-order valence-corrected chi connectivity index (χ0v) is 13.4. The number of anilines is 1. The maximum absolute atomic E-state index is 6.04. The summed E-state index contributed by atoms with van der Waals surface area (Å²) in [5.74, 6) is 3.52. The molecule has 0 amide bonds. The van der Waals surface area contributed by atoms with E-state index >= 15 is 0 Å². The van der Waals surface area contributed by atoms with E-state index in [-0.39, 0.29) is 0 Å². The Morgan fingerprint density at radius 1 is 1.25 bits per heavy atom. The smallest absolute Gasteiger partial charge is 0.134 e. The molecule has 0 aromatic carbocycles. The Hall–Kier alpha value is -0.830. The van der Waals surface area contributed by atoms with Crippen LogP contribution in [0.15, 0.2) is 6.07 Å². The lowest BCUT2D eigenvalue weighted by molar-refractivity contribution is 0.282. The average Bonchev–Trinajstić information content (AvgIpc) is 2.41. The Morgan fingerprint density at radius 2 is 2.00 bits per heavy atom. The van der Waals surface area contributed by atoms with Crippen LogP contribution in [0.4, 0.5) is 5.82 Å². The zero-order chi connectivity index (χ0) is 14.4. The van der Waals surface area contributed by atoms with Crippen LogP contribution < -0.4 is 5.32 Å². The normalized spacial score (nSPS) is 22.8. The minimum absolute atomic E-state index is 0.539. The SMILES string of the molecule is CCCc1nc(Cl)cc(NCCC2CCC(C)CC2)n1. The lowest BCUT2D eigenvalue weighted by Crippen LogP contribution is -2.16. The van der Waals surface area contributed by atoms with E-state index in [2.05, 4.69) is 29.1 Å². The van der Waals surface area contributed by atoms with Gasteiger partial charge in [-0.05, 0) is 24.7 Å². The average molecular weight is 296 g/mol. The maximum atomic E-state index is 6.04. The van der Waals surface area contributed by atoms with Crippen molar-refractivity contribution in [3.63, 3.8) is 0 Å². The quantitative estimate of drug-likeness (QED) is 0.772. The summed E-state index contributed by atoms with van der Waals surface area (Å²) in [6.45, 7) is 5.48. The molecule has 1 aliphatic rings. The number of rotatable bonds is 6. The van der Waals surface area contributed by atoms with Crippen molar-refractivity contribution in [1.82, 2.24) is 9.97 Å². The lowest BCUT2D eigenvalue weighted by atomic mass is 9.81. The third kappa shape index (κ3) is 4.93. The van der Waals surface area contributed by atoms with Gasteiger partial charge in [-0.2, -0.15) is 0 Å². The highest BCUT2D eigenvalue weighted by atomic mass is 35.5. The molecule has 0 spiro atoms. The Kier molecular flexibility index (Phi) is 6.08. The first-order chi connectivity index (χ1) is 9.67. The summed E-state index contributed by atoms with van der Waals surface area (Å²) >= 11 is 6.04. The molecule has 1 aromatic rings. The lowest BCUT2D eigenvalue weighted by Gasteiger charge is -2.26. The van der Waals surface area contributed by atoms with Crippen LogP contribution in [0.3, 0.4) is 0 Å². The van der Waals surface area contributed by atoms with Gasteiger partial charge in [-0.15, -0.1) is 0 Å². The molecule has 1 aliphatic carbocycles. The third-order valence-corrected chi connectivity index (χ3v) is 4.40. The monoisotopic (exact) mass is 295 g/mol. The molecule has 1 aromatic heterocycles. The second-order valence-electron chi connectivity index (χ2n) is 6.08. The Labute approximate surface area is 127 Å². The number of halogens is 1. The van der Waals surface area contributed by atoms with Crippen molar-refractivity contribution in [2.24, 2.45) is 11.8 Å². The van der Waals surface area contributed by atoms with Crippen molar-refractivity contribution in [3.05, 3.63) is 17.0 Å². The zero-order valence-electron chi connectivity index (χ0n) is 12.7. The first kappa shape index (κ1) is 15.6. The topological polar surface area (TPSA) is 37.8 Å². The first-order valence-corrected chi connectivity index (χ1v) is 8.32. The fourth-order valence-electron chi connectivity index (χ4n) is 2.91. The van der Waals surface area contributed by atoms with Crippen LogP contribution in [0.1, 0.15) is 58.2 Å². The third-order valence-electron chi connectivity index (χ3n) is 4.21. The van der Waals surface area contributed by atoms with Crippen LogP contribution in [0.5, 0.6) is 0 Å². The summed E-state index contributed by atoms with van der Waals surface area (Å²) in [7, 11) is 0. The summed E-state index contributed by atoms with van der Waals surface area (Å²) in [5, 5.41) is 3.95. The molecule has 1 N–H and O–H groups in total. The highest BCUT2D eigenvalue weighted by Gasteiger charge is 2.17. The number of nitrogens with one attached hydrogen (secondary N) is 1. The minimum Gasteiger partial charge on any atom is -0.370 e. The van der Waals surface area contributed by atoms with Gasteiger partial charge < -0.3 is 5.32 Å². The van der Waals surface area contributed by atoms with E-state index < -0.39 is 0 Å². The van der Waals surface area contributed by atoms with Gasteiger partial charge in [-0.3, -0.25) is 0 Å². The predicted octanol–water partition coefficient (Wildman–Crippen LogP) is 4.71. The molecular weight excluding hydrogens is 270 g/mol. The molecule has 1 fully saturated rings. The molecule has 0 bridgehead atoms. The van der Waals surface area contributed by atoms with Crippen LogP contribution in [-0.4, -0.2) is 16.5 Å². The van der Waals surface area contributed by atoms with Gasteiger partial charge in [0.25, 0.3) is 0 Å². The van der Waals surface area contributed by atoms with Gasteiger partial charge in [0.15, 0.2) is 0 Å². The second kappa shape index (κ2) is 7.82. The van der Waals surface area contributed by atoms with E-state index in [9.17, 15) is 0 Å². The highest BCUT2D eigenvalue weighted by Crippen LogP contribution is 2.30. The fraction of sp³-hybridized carbons (Fsp3) is 0.750. The number of hydrogen-bond donors (Lipinski definition) is 1. The van der Waals surface area contributed by atoms with E-state index in [1.165, 1.54) is 32.1 Å². The van der Waals surface area contributed by atoms with Gasteiger partial charge in [-0.25, -0.2) is 9.97 Å². The van der Waals surface area contributed by atoms with E-state index in [1.807, 2.05) is 6.07 Å². The second-order valence-corrected chi connectivity index (χ2v) is 6.47. The van der Waals surface area contributed by atoms with Crippen molar-refractivity contribution in [3.8, 4) is 0 Å². The number of hydrogen-bond acceptors (Lipinski definition) is 3. The summed E-state index contributed by atoms with van der Waals surface area (Å²) in [4.78, 5) is 8.76. The molecule has 2 rings (SSSR count). The van der Waals surface area contributed by atoms with Gasteiger partial charge in [-0.1, -0.05) is 51.1 Å². The molecule has 112 valence electrons. The molecule has 20 heavy (non-hydrogen) atoms. The van der Waals surface area contributed by atoms with E-state index in [0.29, 0.717) is 5.15 Å². The van der Waals surface area contributed by atoms with Gasteiger partial charge in [0.2, 0.25) is 0 Å². The molecule has 0 radical (unpaired) electrons. The van der Waals surface area contributed by atoms with E-state index in [1.54, 1.807) is 0 Å². The van der Waals surface area contributed by atoms with Crippen molar-refractivity contribution >= 4 is 17.4 Å². The molecular formula is C16H26ClN3. The van der Waals surface area contributed by atoms with Crippen LogP contribution in [0, 0.1) is 11.8 Å². The number of nitrogens with zero attached hydrogens (tertiary/aromatic N) is 2. The van der Waals surface area contributed by atoms with Crippen LogP contribution in [-0.2, 0) is 6.42 Å². The molecule has 1 saturated carbocycles. The highest BCUT2D eigenvalue weighted by molar-refractivity contribution is 6.29. The molecule has 0 aliphatic heterocycles. The predicted molar refractivity (Wildman–Crippen MR) is 85.3 cm³/mol. The van der Waals surface area contributed by atoms with Crippen LogP contribution in [0.25, 0.3) is 0 Å². The standard InChI is InChI=1S/C16H26ClN3/c1-3-4-15-19-14(17)11-16(20-15)18-10-9-13-7-5-12(2)6-8-13/h11-13H,3-10H2,1-2H3,(H,18,19,20). The van der Waals surface area contributed by atoms with Crippen LogP contribution >= 0.6 is 11.6 Å². The Bertz CT molecular complexity index is 414. The van der Waals surface area contributed by atoms with Crippen molar-refractivity contribution < 1.29 is 0 Å². The van der Waals surface area contributed by atoms with Gasteiger partial charge >= 0.3 is 0 Å². The maximum Gasteiger partial charge on any atom is 0.134 e. The largest absolute Gasteiger partial charge is 0.370 e. The molecule has 1 heterocycles. The molecule has 4 heteroatoms. The van der Waals surface area contributed by atoms with Crippen molar-refractivity contribution in [1.29, 1.82) is 0 Å². The Morgan fingerprint density at radius 3 is 2.70 bits per heavy atom.